The van der Waals surface area contributed by atoms with Crippen molar-refractivity contribution >= 4 is 11.9 Å². The number of carboxylic acid groups (broad SMARTS) is 1. The molecule has 2 N–H and O–H groups in total. The lowest BCUT2D eigenvalue weighted by Crippen LogP contribution is -2.22. The van der Waals surface area contributed by atoms with Gasteiger partial charge in [-0.25, -0.2) is 4.79 Å². The standard InChI is InChI=1S/C10H9N3O5/c1-5-2-6(17-12-5)4-11-9(14)7-3-8(10(15)16)18-13-7/h2-3H,4H2,1H3,(H,11,14)(H,15,16). The molecule has 0 atom stereocenters. The molecule has 0 saturated heterocycles. The van der Waals surface area contributed by atoms with Crippen LogP contribution in [0.4, 0.5) is 0 Å². The van der Waals surface area contributed by atoms with Crippen molar-refractivity contribution in [1.82, 2.24) is 15.6 Å². The van der Waals surface area contributed by atoms with Gasteiger partial charge in [0, 0.05) is 12.1 Å². The fraction of sp³-hybridized carbons (Fsp3) is 0.200. The Labute approximate surface area is 101 Å². The second-order valence-corrected chi connectivity index (χ2v) is 3.50. The van der Waals surface area contributed by atoms with E-state index < -0.39 is 17.6 Å². The van der Waals surface area contributed by atoms with Crippen LogP contribution in [0.5, 0.6) is 0 Å². The lowest BCUT2D eigenvalue weighted by atomic mass is 10.3. The molecule has 2 rings (SSSR count). The zero-order chi connectivity index (χ0) is 13.1. The Kier molecular flexibility index (Phi) is 3.09. The largest absolute Gasteiger partial charge is 0.475 e. The summed E-state index contributed by atoms with van der Waals surface area (Å²) >= 11 is 0. The highest BCUT2D eigenvalue weighted by Gasteiger charge is 2.16. The molecule has 2 aromatic rings. The Morgan fingerprint density at radius 2 is 2.11 bits per heavy atom. The summed E-state index contributed by atoms with van der Waals surface area (Å²) in [5, 5.41) is 18.1. The number of amides is 1. The van der Waals surface area contributed by atoms with Gasteiger partial charge in [-0.1, -0.05) is 10.3 Å². The number of aromatic carboxylic acids is 1. The van der Waals surface area contributed by atoms with Crippen LogP contribution in [0.3, 0.4) is 0 Å². The van der Waals surface area contributed by atoms with Gasteiger partial charge in [0.2, 0.25) is 5.76 Å². The Bertz CT molecular complexity index is 586. The number of aromatic nitrogens is 2. The summed E-state index contributed by atoms with van der Waals surface area (Å²) in [6.07, 6.45) is 0. The molecule has 0 radical (unpaired) electrons. The number of nitrogens with one attached hydrogen (secondary N) is 1. The highest BCUT2D eigenvalue weighted by Crippen LogP contribution is 2.05. The van der Waals surface area contributed by atoms with E-state index >= 15 is 0 Å². The summed E-state index contributed by atoms with van der Waals surface area (Å²) in [6, 6.07) is 2.72. The molecule has 94 valence electrons. The number of hydrogen-bond acceptors (Lipinski definition) is 6. The summed E-state index contributed by atoms with van der Waals surface area (Å²) in [7, 11) is 0. The van der Waals surface area contributed by atoms with Crippen LogP contribution in [0.25, 0.3) is 0 Å². The Hall–Kier alpha value is -2.64. The van der Waals surface area contributed by atoms with Gasteiger partial charge in [-0.05, 0) is 6.92 Å². The molecule has 0 aliphatic rings. The van der Waals surface area contributed by atoms with Crippen molar-refractivity contribution in [3.8, 4) is 0 Å². The lowest BCUT2D eigenvalue weighted by molar-refractivity contribution is 0.0651. The van der Waals surface area contributed by atoms with Crippen molar-refractivity contribution < 1.29 is 23.7 Å². The second-order valence-electron chi connectivity index (χ2n) is 3.50. The molecule has 0 aliphatic heterocycles. The molecule has 0 aromatic carbocycles. The third-order valence-corrected chi connectivity index (χ3v) is 2.05. The SMILES string of the molecule is Cc1cc(CNC(=O)c2cc(C(=O)O)on2)on1. The molecule has 8 heteroatoms. The topological polar surface area (TPSA) is 118 Å². The number of rotatable bonds is 4. The predicted molar refractivity (Wildman–Crippen MR) is 55.9 cm³/mol. The minimum Gasteiger partial charge on any atom is -0.475 e. The first-order valence-corrected chi connectivity index (χ1v) is 4.96. The summed E-state index contributed by atoms with van der Waals surface area (Å²) in [6.45, 7) is 1.89. The minimum atomic E-state index is -1.28. The monoisotopic (exact) mass is 251 g/mol. The molecule has 0 spiro atoms. The van der Waals surface area contributed by atoms with E-state index in [0.717, 1.165) is 6.07 Å². The van der Waals surface area contributed by atoms with Gasteiger partial charge in [0.1, 0.15) is 0 Å². The van der Waals surface area contributed by atoms with E-state index in [2.05, 4.69) is 20.2 Å². The van der Waals surface area contributed by atoms with Crippen molar-refractivity contribution in [3.63, 3.8) is 0 Å². The third kappa shape index (κ3) is 2.54. The number of aryl methyl sites for hydroxylation is 1. The fourth-order valence-corrected chi connectivity index (χ4v) is 1.24. The normalized spacial score (nSPS) is 10.3. The number of carbonyl (C=O) groups excluding carboxylic acids is 1. The van der Waals surface area contributed by atoms with E-state index in [9.17, 15) is 9.59 Å². The third-order valence-electron chi connectivity index (χ3n) is 2.05. The average molecular weight is 251 g/mol. The first-order valence-electron chi connectivity index (χ1n) is 4.96. The molecule has 18 heavy (non-hydrogen) atoms. The highest BCUT2D eigenvalue weighted by atomic mass is 16.5. The summed E-state index contributed by atoms with van der Waals surface area (Å²) in [4.78, 5) is 22.1. The van der Waals surface area contributed by atoms with Crippen molar-refractivity contribution in [1.29, 1.82) is 0 Å². The molecule has 0 bridgehead atoms. The first kappa shape index (κ1) is 11.8. The van der Waals surface area contributed by atoms with Crippen LogP contribution < -0.4 is 5.32 Å². The molecule has 0 saturated carbocycles. The molecule has 0 fully saturated rings. The van der Waals surface area contributed by atoms with E-state index in [0.29, 0.717) is 11.5 Å². The van der Waals surface area contributed by atoms with E-state index in [4.69, 9.17) is 9.63 Å². The lowest BCUT2D eigenvalue weighted by Gasteiger charge is -1.97. The van der Waals surface area contributed by atoms with Crippen molar-refractivity contribution in [2.24, 2.45) is 0 Å². The van der Waals surface area contributed by atoms with Crippen LogP contribution in [-0.4, -0.2) is 27.3 Å². The van der Waals surface area contributed by atoms with E-state index in [1.54, 1.807) is 13.0 Å². The van der Waals surface area contributed by atoms with Gasteiger partial charge in [-0.2, -0.15) is 0 Å². The van der Waals surface area contributed by atoms with Crippen LogP contribution >= 0.6 is 0 Å². The minimum absolute atomic E-state index is 0.108. The average Bonchev–Trinajstić information content (AvgIpc) is 2.94. The molecule has 0 aliphatic carbocycles. The molecule has 1 amide bonds. The maximum absolute atomic E-state index is 11.6. The van der Waals surface area contributed by atoms with Crippen molar-refractivity contribution in [2.45, 2.75) is 13.5 Å². The van der Waals surface area contributed by atoms with Crippen LogP contribution in [0.2, 0.25) is 0 Å². The second kappa shape index (κ2) is 4.70. The molecular weight excluding hydrogens is 242 g/mol. The van der Waals surface area contributed by atoms with Crippen LogP contribution in [0.1, 0.15) is 32.5 Å². The van der Waals surface area contributed by atoms with Gasteiger partial charge >= 0.3 is 5.97 Å². The fourth-order valence-electron chi connectivity index (χ4n) is 1.24. The van der Waals surface area contributed by atoms with Crippen LogP contribution in [0.15, 0.2) is 21.2 Å². The van der Waals surface area contributed by atoms with Gasteiger partial charge in [-0.3, -0.25) is 4.79 Å². The molecular formula is C10H9N3O5. The summed E-state index contributed by atoms with van der Waals surface area (Å²) in [5.74, 6) is -1.74. The Morgan fingerprint density at radius 3 is 2.67 bits per heavy atom. The van der Waals surface area contributed by atoms with E-state index in [1.807, 2.05) is 0 Å². The number of nitrogens with zero attached hydrogens (tertiary/aromatic N) is 2. The molecule has 8 nitrogen and oxygen atoms in total. The molecule has 0 unspecified atom stereocenters. The number of carboxylic acids is 1. The molecule has 2 aromatic heterocycles. The highest BCUT2D eigenvalue weighted by molar-refractivity contribution is 5.94. The molecule has 2 heterocycles. The quantitative estimate of drug-likeness (QED) is 0.816. The van der Waals surface area contributed by atoms with Gasteiger partial charge in [-0.15, -0.1) is 0 Å². The zero-order valence-corrected chi connectivity index (χ0v) is 9.34. The Morgan fingerprint density at radius 1 is 1.33 bits per heavy atom. The maximum Gasteiger partial charge on any atom is 0.374 e. The maximum atomic E-state index is 11.6. The van der Waals surface area contributed by atoms with E-state index in [-0.39, 0.29) is 12.2 Å². The van der Waals surface area contributed by atoms with E-state index in [1.165, 1.54) is 0 Å². The Balaban J connectivity index is 1.97. The van der Waals surface area contributed by atoms with Crippen molar-refractivity contribution in [2.75, 3.05) is 0 Å². The zero-order valence-electron chi connectivity index (χ0n) is 9.34. The van der Waals surface area contributed by atoms with Crippen LogP contribution in [-0.2, 0) is 6.54 Å². The van der Waals surface area contributed by atoms with Crippen molar-refractivity contribution in [3.05, 3.63) is 35.0 Å². The number of hydrogen-bond donors (Lipinski definition) is 2. The van der Waals surface area contributed by atoms with Gasteiger partial charge < -0.3 is 19.5 Å². The van der Waals surface area contributed by atoms with Crippen LogP contribution in [0, 0.1) is 6.92 Å². The summed E-state index contributed by atoms with van der Waals surface area (Å²) < 4.78 is 9.35. The number of carbonyl (C=O) groups is 2. The van der Waals surface area contributed by atoms with Gasteiger partial charge in [0.25, 0.3) is 5.91 Å². The first-order chi connectivity index (χ1) is 8.56. The van der Waals surface area contributed by atoms with Gasteiger partial charge in [0.05, 0.1) is 12.2 Å². The van der Waals surface area contributed by atoms with Gasteiger partial charge in [0.15, 0.2) is 11.5 Å². The summed E-state index contributed by atoms with van der Waals surface area (Å²) in [5.41, 5.74) is 0.595. The predicted octanol–water partition coefficient (Wildman–Crippen LogP) is 0.599. The smallest absolute Gasteiger partial charge is 0.374 e.